The van der Waals surface area contributed by atoms with E-state index in [9.17, 15) is 4.79 Å². The highest BCUT2D eigenvalue weighted by molar-refractivity contribution is 8.00. The lowest BCUT2D eigenvalue weighted by molar-refractivity contribution is -0.129. The number of carbonyl (C=O) groups is 1. The molecule has 114 valence electrons. The lowest BCUT2D eigenvalue weighted by atomic mass is 10.0. The average molecular weight is 304 g/mol. The average Bonchev–Trinajstić information content (AvgIpc) is 3.06. The zero-order chi connectivity index (χ0) is 15.0. The van der Waals surface area contributed by atoms with Crippen molar-refractivity contribution in [2.45, 2.75) is 51.1 Å². The van der Waals surface area contributed by atoms with Crippen molar-refractivity contribution in [1.29, 1.82) is 0 Å². The van der Waals surface area contributed by atoms with Crippen LogP contribution in [0.3, 0.4) is 0 Å². The monoisotopic (exact) mass is 304 g/mol. The summed E-state index contributed by atoms with van der Waals surface area (Å²) in [4.78, 5) is 14.6. The zero-order valence-electron chi connectivity index (χ0n) is 13.1. The summed E-state index contributed by atoms with van der Waals surface area (Å²) in [6.07, 6.45) is 2.56. The number of rotatable bonds is 3. The van der Waals surface area contributed by atoms with Gasteiger partial charge in [0.05, 0.1) is 6.04 Å². The number of hydrogen-bond donors (Lipinski definition) is 1. The molecule has 3 atom stereocenters. The van der Waals surface area contributed by atoms with Gasteiger partial charge in [-0.3, -0.25) is 10.1 Å². The van der Waals surface area contributed by atoms with E-state index in [-0.39, 0.29) is 18.1 Å². The van der Waals surface area contributed by atoms with Crippen LogP contribution in [-0.4, -0.2) is 34.4 Å². The molecule has 21 heavy (non-hydrogen) atoms. The Morgan fingerprint density at radius 3 is 2.90 bits per heavy atom. The molecule has 3 unspecified atom stereocenters. The van der Waals surface area contributed by atoms with Gasteiger partial charge in [-0.1, -0.05) is 23.8 Å². The van der Waals surface area contributed by atoms with E-state index in [2.05, 4.69) is 42.3 Å². The summed E-state index contributed by atoms with van der Waals surface area (Å²) in [7, 11) is 0. The molecule has 2 fully saturated rings. The highest BCUT2D eigenvalue weighted by atomic mass is 32.2. The molecule has 0 saturated carbocycles. The van der Waals surface area contributed by atoms with Crippen molar-refractivity contribution >= 4 is 17.7 Å². The fourth-order valence-corrected chi connectivity index (χ4v) is 4.56. The fourth-order valence-electron chi connectivity index (χ4n) is 3.29. The molecule has 1 amide bonds. The van der Waals surface area contributed by atoms with E-state index >= 15 is 0 Å². The van der Waals surface area contributed by atoms with Gasteiger partial charge in [0.15, 0.2) is 0 Å². The topological polar surface area (TPSA) is 32.3 Å². The molecule has 4 heteroatoms. The summed E-state index contributed by atoms with van der Waals surface area (Å²) in [6.45, 7) is 7.09. The summed E-state index contributed by atoms with van der Waals surface area (Å²) < 4.78 is 0. The van der Waals surface area contributed by atoms with Gasteiger partial charge in [0, 0.05) is 11.8 Å². The fraction of sp³-hybridized carbons (Fsp3) is 0.588. The van der Waals surface area contributed by atoms with Crippen molar-refractivity contribution in [2.24, 2.45) is 0 Å². The van der Waals surface area contributed by atoms with Crippen molar-refractivity contribution in [3.8, 4) is 0 Å². The number of aryl methyl sites for hydroxylation is 2. The normalized spacial score (nSPS) is 29.4. The Bertz CT molecular complexity index is 540. The Labute approximate surface area is 131 Å². The van der Waals surface area contributed by atoms with Gasteiger partial charge in [-0.05, 0) is 50.5 Å². The van der Waals surface area contributed by atoms with Crippen LogP contribution in [0.25, 0.3) is 0 Å². The maximum Gasteiger partial charge on any atom is 0.241 e. The SMILES string of the molecule is Cc1ccc(C)c(C2NC(C)C(=O)N2CC2CCCS2)c1. The van der Waals surface area contributed by atoms with Gasteiger partial charge < -0.3 is 4.90 Å². The first-order valence-corrected chi connectivity index (χ1v) is 8.86. The van der Waals surface area contributed by atoms with Gasteiger partial charge in [0.1, 0.15) is 6.17 Å². The molecule has 1 aromatic carbocycles. The Balaban J connectivity index is 1.87. The van der Waals surface area contributed by atoms with Crippen LogP contribution in [0.4, 0.5) is 0 Å². The number of benzene rings is 1. The predicted octanol–water partition coefficient (Wildman–Crippen LogP) is 3.02. The molecule has 0 bridgehead atoms. The van der Waals surface area contributed by atoms with E-state index < -0.39 is 0 Å². The Morgan fingerprint density at radius 2 is 2.19 bits per heavy atom. The van der Waals surface area contributed by atoms with Gasteiger partial charge in [0.25, 0.3) is 0 Å². The third-order valence-electron chi connectivity index (χ3n) is 4.53. The van der Waals surface area contributed by atoms with Crippen LogP contribution in [0.5, 0.6) is 0 Å². The number of nitrogens with one attached hydrogen (secondary N) is 1. The highest BCUT2D eigenvalue weighted by Gasteiger charge is 2.39. The molecule has 3 nitrogen and oxygen atoms in total. The van der Waals surface area contributed by atoms with Crippen molar-refractivity contribution in [3.63, 3.8) is 0 Å². The minimum absolute atomic E-state index is 0.0357. The second-order valence-corrected chi connectivity index (χ2v) is 7.68. The molecule has 2 heterocycles. The quantitative estimate of drug-likeness (QED) is 0.931. The number of carbonyl (C=O) groups excluding carboxylic acids is 1. The van der Waals surface area contributed by atoms with Gasteiger partial charge in [-0.15, -0.1) is 0 Å². The third kappa shape index (κ3) is 2.97. The third-order valence-corrected chi connectivity index (χ3v) is 5.91. The first-order valence-electron chi connectivity index (χ1n) is 7.81. The van der Waals surface area contributed by atoms with E-state index in [1.165, 1.54) is 35.3 Å². The summed E-state index contributed by atoms with van der Waals surface area (Å²) >= 11 is 2.02. The second kappa shape index (κ2) is 6.01. The maximum atomic E-state index is 12.5. The molecule has 0 spiro atoms. The van der Waals surface area contributed by atoms with Gasteiger partial charge in [0.2, 0.25) is 5.91 Å². The summed E-state index contributed by atoms with van der Waals surface area (Å²) in [6, 6.07) is 6.42. The Hall–Kier alpha value is -1.00. The number of amides is 1. The summed E-state index contributed by atoms with van der Waals surface area (Å²) in [5.41, 5.74) is 3.75. The van der Waals surface area contributed by atoms with Crippen molar-refractivity contribution in [3.05, 3.63) is 34.9 Å². The predicted molar refractivity (Wildman–Crippen MR) is 88.4 cm³/mol. The molecule has 0 aromatic heterocycles. The number of thioether (sulfide) groups is 1. The van der Waals surface area contributed by atoms with E-state index in [0.717, 1.165) is 6.54 Å². The first kappa shape index (κ1) is 14.9. The second-order valence-electron chi connectivity index (χ2n) is 6.28. The van der Waals surface area contributed by atoms with Crippen molar-refractivity contribution in [2.75, 3.05) is 12.3 Å². The van der Waals surface area contributed by atoms with E-state index in [4.69, 9.17) is 0 Å². The van der Waals surface area contributed by atoms with Crippen LogP contribution in [0.1, 0.15) is 42.6 Å². The van der Waals surface area contributed by atoms with Gasteiger partial charge in [-0.25, -0.2) is 0 Å². The first-order chi connectivity index (χ1) is 10.1. The molecule has 1 N–H and O–H groups in total. The molecule has 0 radical (unpaired) electrons. The van der Waals surface area contributed by atoms with Crippen LogP contribution in [0.15, 0.2) is 18.2 Å². The molecule has 3 rings (SSSR count). The molecule has 2 aliphatic heterocycles. The molecule has 2 aliphatic rings. The smallest absolute Gasteiger partial charge is 0.241 e. The highest BCUT2D eigenvalue weighted by Crippen LogP contribution is 2.33. The standard InChI is InChI=1S/C17H24N2OS/c1-11-6-7-12(2)15(9-11)16-18-13(3)17(20)19(16)10-14-5-4-8-21-14/h6-7,9,13-14,16,18H,4-5,8,10H2,1-3H3. The van der Waals surface area contributed by atoms with Gasteiger partial charge >= 0.3 is 0 Å². The molecular formula is C17H24N2OS. The zero-order valence-corrected chi connectivity index (χ0v) is 13.9. The Kier molecular flexibility index (Phi) is 4.27. The minimum atomic E-state index is -0.0821. The molecule has 2 saturated heterocycles. The van der Waals surface area contributed by atoms with E-state index in [1.54, 1.807) is 0 Å². The number of hydrogen-bond acceptors (Lipinski definition) is 3. The van der Waals surface area contributed by atoms with Crippen molar-refractivity contribution < 1.29 is 4.79 Å². The van der Waals surface area contributed by atoms with E-state index in [0.29, 0.717) is 5.25 Å². The summed E-state index contributed by atoms with van der Waals surface area (Å²) in [5, 5.41) is 4.08. The van der Waals surface area contributed by atoms with Crippen LogP contribution in [-0.2, 0) is 4.79 Å². The molecular weight excluding hydrogens is 280 g/mol. The Morgan fingerprint density at radius 1 is 1.38 bits per heavy atom. The lowest BCUT2D eigenvalue weighted by Gasteiger charge is -2.28. The van der Waals surface area contributed by atoms with E-state index in [1.807, 2.05) is 18.7 Å². The van der Waals surface area contributed by atoms with Crippen LogP contribution in [0.2, 0.25) is 0 Å². The summed E-state index contributed by atoms with van der Waals surface area (Å²) in [5.74, 6) is 1.48. The largest absolute Gasteiger partial charge is 0.320 e. The lowest BCUT2D eigenvalue weighted by Crippen LogP contribution is -2.35. The molecule has 0 aliphatic carbocycles. The molecule has 1 aromatic rings. The van der Waals surface area contributed by atoms with Crippen LogP contribution in [0, 0.1) is 13.8 Å². The van der Waals surface area contributed by atoms with Gasteiger partial charge in [-0.2, -0.15) is 11.8 Å². The minimum Gasteiger partial charge on any atom is -0.320 e. The van der Waals surface area contributed by atoms with Crippen molar-refractivity contribution in [1.82, 2.24) is 10.2 Å². The van der Waals surface area contributed by atoms with Crippen LogP contribution < -0.4 is 5.32 Å². The maximum absolute atomic E-state index is 12.5. The number of nitrogens with zero attached hydrogens (tertiary/aromatic N) is 1. The van der Waals surface area contributed by atoms with Crippen LogP contribution >= 0.6 is 11.8 Å².